The van der Waals surface area contributed by atoms with Crippen molar-refractivity contribution in [3.8, 4) is 12.3 Å². The highest BCUT2D eigenvalue weighted by Gasteiger charge is 2.51. The van der Waals surface area contributed by atoms with Crippen molar-refractivity contribution in [3.63, 3.8) is 0 Å². The van der Waals surface area contributed by atoms with E-state index < -0.39 is 5.83 Å². The molecular formula is C44H57F2N5O2. The number of aliphatic imine (C=N–C) groups is 3. The van der Waals surface area contributed by atoms with Crippen LogP contribution < -0.4 is 0 Å². The molecule has 6 aliphatic rings. The lowest BCUT2D eigenvalue weighted by molar-refractivity contribution is -0.00359. The van der Waals surface area contributed by atoms with Crippen molar-refractivity contribution >= 4 is 29.9 Å². The molecule has 1 aromatic rings. The number of halogens is 2. The monoisotopic (exact) mass is 725 g/mol. The number of fused-ring (bicyclic) bond motifs is 3. The number of piperidine rings is 1. The molecule has 7 rings (SSSR count). The molecule has 4 fully saturated rings. The Morgan fingerprint density at radius 3 is 2.70 bits per heavy atom. The molecule has 0 amide bonds. The number of likely N-dealkylation sites (tertiary alicyclic amines) is 1. The Morgan fingerprint density at radius 1 is 1.17 bits per heavy atom. The van der Waals surface area contributed by atoms with E-state index >= 15 is 8.78 Å². The molecule has 2 saturated carbocycles. The Kier molecular flexibility index (Phi) is 11.8. The first kappa shape index (κ1) is 37.8. The van der Waals surface area contributed by atoms with Gasteiger partial charge in [0.15, 0.2) is 5.83 Å². The van der Waals surface area contributed by atoms with Crippen LogP contribution in [-0.4, -0.2) is 93.1 Å². The van der Waals surface area contributed by atoms with Crippen LogP contribution in [0.25, 0.3) is 11.3 Å². The van der Waals surface area contributed by atoms with E-state index in [0.29, 0.717) is 79.3 Å². The second-order valence-electron chi connectivity index (χ2n) is 16.0. The van der Waals surface area contributed by atoms with E-state index in [2.05, 4.69) is 22.5 Å². The molecule has 284 valence electrons. The van der Waals surface area contributed by atoms with Crippen LogP contribution in [0.3, 0.4) is 0 Å². The van der Waals surface area contributed by atoms with Crippen LogP contribution in [0.5, 0.6) is 0 Å². The molecule has 0 N–H and O–H groups in total. The number of aryl methyl sites for hydroxylation is 2. The van der Waals surface area contributed by atoms with Crippen LogP contribution in [0.2, 0.25) is 0 Å². The Balaban J connectivity index is 1.20. The average Bonchev–Trinajstić information content (AvgIpc) is 3.90. The normalized spacial score (nSPS) is 30.1. The fourth-order valence-corrected chi connectivity index (χ4v) is 10.7. The van der Waals surface area contributed by atoms with Gasteiger partial charge in [-0.05, 0) is 121 Å². The molecule has 0 spiro atoms. The summed E-state index contributed by atoms with van der Waals surface area (Å²) in [7, 11) is 0. The predicted molar refractivity (Wildman–Crippen MR) is 212 cm³/mol. The Bertz CT molecular complexity index is 1760. The molecule has 0 aromatic heterocycles. The number of ether oxygens (including phenoxy) is 2. The molecule has 0 bridgehead atoms. The quantitative estimate of drug-likeness (QED) is 0.116. The lowest BCUT2D eigenvalue weighted by Crippen LogP contribution is -2.53. The van der Waals surface area contributed by atoms with E-state index in [-0.39, 0.29) is 29.2 Å². The maximum Gasteiger partial charge on any atom is 0.175 e. The molecule has 3 aliphatic heterocycles. The predicted octanol–water partition coefficient (Wildman–Crippen LogP) is 8.53. The average molecular weight is 726 g/mol. The minimum Gasteiger partial charge on any atom is -0.381 e. The van der Waals surface area contributed by atoms with E-state index in [0.717, 1.165) is 49.0 Å². The highest BCUT2D eigenvalue weighted by Crippen LogP contribution is 2.53. The van der Waals surface area contributed by atoms with Crippen LogP contribution >= 0.6 is 0 Å². The number of rotatable bonds is 13. The number of allylic oxidation sites excluding steroid dienone is 4. The van der Waals surface area contributed by atoms with E-state index in [1.54, 1.807) is 6.21 Å². The van der Waals surface area contributed by atoms with Crippen molar-refractivity contribution in [2.24, 2.45) is 32.2 Å². The molecule has 0 radical (unpaired) electrons. The zero-order valence-corrected chi connectivity index (χ0v) is 32.1. The zero-order chi connectivity index (χ0) is 37.1. The smallest absolute Gasteiger partial charge is 0.175 e. The first-order valence-electron chi connectivity index (χ1n) is 20.2. The third kappa shape index (κ3) is 7.36. The zero-order valence-electron chi connectivity index (χ0n) is 32.1. The first-order chi connectivity index (χ1) is 25.8. The number of hydrogen-bond acceptors (Lipinski definition) is 7. The highest BCUT2D eigenvalue weighted by atomic mass is 19.1. The Hall–Kier alpha value is -3.45. The van der Waals surface area contributed by atoms with Gasteiger partial charge in [0.2, 0.25) is 0 Å². The fraction of sp³-hybridized carbons (Fsp3) is 0.614. The van der Waals surface area contributed by atoms with Gasteiger partial charge < -0.3 is 14.4 Å². The summed E-state index contributed by atoms with van der Waals surface area (Å²) in [6.45, 7) is 15.7. The molecule has 2 saturated heterocycles. The molecule has 4 atom stereocenters. The molecule has 9 heteroatoms. The molecule has 3 aliphatic carbocycles. The van der Waals surface area contributed by atoms with Gasteiger partial charge in [0, 0.05) is 75.3 Å². The second kappa shape index (κ2) is 16.5. The molecule has 7 nitrogen and oxygen atoms in total. The lowest BCUT2D eigenvalue weighted by atomic mass is 9.71. The van der Waals surface area contributed by atoms with E-state index in [1.165, 1.54) is 51.5 Å². The summed E-state index contributed by atoms with van der Waals surface area (Å²) in [5, 5.41) is 0. The van der Waals surface area contributed by atoms with Crippen molar-refractivity contribution in [1.29, 1.82) is 0 Å². The van der Waals surface area contributed by atoms with E-state index in [9.17, 15) is 0 Å². The van der Waals surface area contributed by atoms with Crippen LogP contribution in [0.1, 0.15) is 100 Å². The van der Waals surface area contributed by atoms with Crippen LogP contribution in [0.15, 0.2) is 50.2 Å². The van der Waals surface area contributed by atoms with Gasteiger partial charge in [-0.15, -0.1) is 6.42 Å². The van der Waals surface area contributed by atoms with E-state index in [4.69, 9.17) is 25.9 Å². The summed E-state index contributed by atoms with van der Waals surface area (Å²) < 4.78 is 43.9. The Labute approximate surface area is 315 Å². The third-order valence-electron chi connectivity index (χ3n) is 13.1. The third-order valence-corrected chi connectivity index (χ3v) is 13.1. The van der Waals surface area contributed by atoms with Crippen molar-refractivity contribution in [1.82, 2.24) is 9.80 Å². The van der Waals surface area contributed by atoms with Gasteiger partial charge in [-0.3, -0.25) is 14.9 Å². The van der Waals surface area contributed by atoms with Crippen molar-refractivity contribution in [2.45, 2.75) is 103 Å². The number of benzene rings is 1. The maximum absolute atomic E-state index is 17.3. The number of terminal acetylenes is 1. The largest absolute Gasteiger partial charge is 0.381 e. The first-order valence-corrected chi connectivity index (χ1v) is 20.2. The van der Waals surface area contributed by atoms with E-state index in [1.807, 2.05) is 37.8 Å². The summed E-state index contributed by atoms with van der Waals surface area (Å²) in [6, 6.07) is 5.18. The topological polar surface area (TPSA) is 62.0 Å². The second-order valence-corrected chi connectivity index (χ2v) is 16.0. The van der Waals surface area contributed by atoms with Gasteiger partial charge in [0.05, 0.1) is 17.8 Å². The maximum atomic E-state index is 17.3. The number of likely N-dealkylation sites (N-methyl/N-ethyl adjacent to an activating group) is 1. The fourth-order valence-electron chi connectivity index (χ4n) is 10.7. The lowest BCUT2D eigenvalue weighted by Gasteiger charge is -2.49. The minimum atomic E-state index is -0.545. The Morgan fingerprint density at radius 2 is 1.96 bits per heavy atom. The van der Waals surface area contributed by atoms with Crippen LogP contribution in [0, 0.1) is 36.5 Å². The van der Waals surface area contributed by atoms with Crippen LogP contribution in [0.4, 0.5) is 8.78 Å². The summed E-state index contributed by atoms with van der Waals surface area (Å²) in [5.74, 6) is 3.66. The molecule has 3 heterocycles. The summed E-state index contributed by atoms with van der Waals surface area (Å²) >= 11 is 0. The van der Waals surface area contributed by atoms with Gasteiger partial charge in [-0.1, -0.05) is 24.0 Å². The highest BCUT2D eigenvalue weighted by molar-refractivity contribution is 6.28. The molecule has 53 heavy (non-hydrogen) atoms. The van der Waals surface area contributed by atoms with Gasteiger partial charge in [-0.25, -0.2) is 13.8 Å². The SMILES string of the molecule is C#CC1=C(F)CCc2cc(C)cc(C3=C(F)C(=NCCCC45CCCC4N(C4CC6COCC6C4)CCC5)/C(=C(\N=C)N(CC)CCOCC)C=N3)c21. The summed E-state index contributed by atoms with van der Waals surface area (Å²) in [4.78, 5) is 19.1. The van der Waals surface area contributed by atoms with Gasteiger partial charge in [-0.2, -0.15) is 0 Å². The molecular weight excluding hydrogens is 669 g/mol. The summed E-state index contributed by atoms with van der Waals surface area (Å²) in [5.41, 5.74) is 4.22. The number of nitrogens with zero attached hydrogens (tertiary/aromatic N) is 5. The summed E-state index contributed by atoms with van der Waals surface area (Å²) in [6.07, 6.45) is 19.1. The van der Waals surface area contributed by atoms with Crippen molar-refractivity contribution in [2.75, 3.05) is 52.6 Å². The number of hydrogen-bond donors (Lipinski definition) is 0. The van der Waals surface area contributed by atoms with Gasteiger partial charge >= 0.3 is 0 Å². The van der Waals surface area contributed by atoms with Crippen molar-refractivity contribution < 1.29 is 18.3 Å². The van der Waals surface area contributed by atoms with Crippen molar-refractivity contribution in [3.05, 3.63) is 57.4 Å². The van der Waals surface area contributed by atoms with Gasteiger partial charge in [0.25, 0.3) is 0 Å². The van der Waals surface area contributed by atoms with Crippen LogP contribution in [-0.2, 0) is 15.9 Å². The van der Waals surface area contributed by atoms with Gasteiger partial charge in [0.1, 0.15) is 23.1 Å². The molecule has 4 unspecified atom stereocenters. The minimum absolute atomic E-state index is 0.125. The molecule has 1 aromatic carbocycles. The standard InChI is InChI=1S/C44H57F2N5O2/c1-6-34-37(45)14-13-30-22-29(4)23-35(39(30)34)41-40(46)42(36(26-49-41)43(47-5)50(7-2)20-21-52-8-3)48-18-10-16-44-15-9-12-38(44)51(19-11-17-44)33-24-31-27-53-28-32(31)25-33/h1,22-23,26,31-33,38H,5,7-21,24-25,27-28H2,2-4H3/b43-36+,48-42?.